The van der Waals surface area contributed by atoms with Crippen LogP contribution in [0.25, 0.3) is 0 Å². The van der Waals surface area contributed by atoms with Crippen LogP contribution in [0.3, 0.4) is 0 Å². The summed E-state index contributed by atoms with van der Waals surface area (Å²) >= 11 is 5.49. The van der Waals surface area contributed by atoms with E-state index in [9.17, 15) is 4.79 Å². The Bertz CT molecular complexity index is 732. The van der Waals surface area contributed by atoms with E-state index in [1.165, 1.54) is 6.42 Å². The molecule has 7 heteroatoms. The zero-order chi connectivity index (χ0) is 17.8. The van der Waals surface area contributed by atoms with Crippen LogP contribution in [0, 0.1) is 11.8 Å². The molecule has 25 heavy (non-hydrogen) atoms. The van der Waals surface area contributed by atoms with E-state index in [1.54, 1.807) is 18.2 Å². The number of nitrogens with zero attached hydrogens (tertiary/aromatic N) is 1. The predicted octanol–water partition coefficient (Wildman–Crippen LogP) is 2.08. The summed E-state index contributed by atoms with van der Waals surface area (Å²) in [6.45, 7) is -0.422. The number of thiocarbonyl (C=S) groups is 1. The van der Waals surface area contributed by atoms with Gasteiger partial charge in [-0.25, -0.2) is 4.79 Å². The van der Waals surface area contributed by atoms with Crippen molar-refractivity contribution in [1.82, 2.24) is 5.32 Å². The van der Waals surface area contributed by atoms with E-state index in [0.29, 0.717) is 46.3 Å². The first-order valence-electron chi connectivity index (χ1n) is 8.25. The number of hydrazone groups is 1. The highest BCUT2D eigenvalue weighted by atomic mass is 32.1. The summed E-state index contributed by atoms with van der Waals surface area (Å²) in [5.41, 5.74) is 1.22. The second kappa shape index (κ2) is 7.65. The number of rotatable bonds is 7. The Hall–Kier alpha value is -2.41. The molecule has 6 nitrogen and oxygen atoms in total. The van der Waals surface area contributed by atoms with Crippen LogP contribution in [0.15, 0.2) is 41.5 Å². The average Bonchev–Trinajstić information content (AvgIpc) is 3.21. The van der Waals surface area contributed by atoms with Crippen molar-refractivity contribution >= 4 is 28.9 Å². The maximum absolute atomic E-state index is 10.7. The quantitative estimate of drug-likeness (QED) is 0.227. The minimum Gasteiger partial charge on any atom is -0.481 e. The van der Waals surface area contributed by atoms with Crippen molar-refractivity contribution in [2.45, 2.75) is 25.3 Å². The van der Waals surface area contributed by atoms with Crippen molar-refractivity contribution in [2.24, 2.45) is 22.8 Å². The highest BCUT2D eigenvalue weighted by Crippen LogP contribution is 2.39. The van der Waals surface area contributed by atoms with E-state index >= 15 is 0 Å². The molecule has 2 bridgehead atoms. The first-order chi connectivity index (χ1) is 12.1. The first-order valence-corrected chi connectivity index (χ1v) is 8.66. The second-order valence-electron chi connectivity index (χ2n) is 6.39. The molecule has 4 N–H and O–H groups in total. The van der Waals surface area contributed by atoms with Gasteiger partial charge in [-0.15, -0.1) is 0 Å². The number of hydrogen-bond donors (Lipinski definition) is 3. The SMILES string of the molecule is N/N=C(/CC(=S)NC1CC2C=CC1C2)c1ccccc1OCC(=O)O. The maximum Gasteiger partial charge on any atom is 0.341 e. The summed E-state index contributed by atoms with van der Waals surface area (Å²) in [6, 6.07) is 7.46. The molecule has 0 radical (unpaired) electrons. The van der Waals surface area contributed by atoms with Gasteiger partial charge in [0.1, 0.15) is 5.75 Å². The monoisotopic (exact) mass is 359 g/mol. The van der Waals surface area contributed by atoms with Gasteiger partial charge in [0.15, 0.2) is 6.61 Å². The number of carboxylic acids is 1. The van der Waals surface area contributed by atoms with E-state index in [0.717, 1.165) is 6.42 Å². The van der Waals surface area contributed by atoms with Crippen molar-refractivity contribution in [1.29, 1.82) is 0 Å². The molecule has 3 unspecified atom stereocenters. The van der Waals surface area contributed by atoms with Crippen LogP contribution in [0.2, 0.25) is 0 Å². The molecular weight excluding hydrogens is 338 g/mol. The van der Waals surface area contributed by atoms with E-state index in [2.05, 4.69) is 22.6 Å². The lowest BCUT2D eigenvalue weighted by Crippen LogP contribution is -2.37. The van der Waals surface area contributed by atoms with Crippen molar-refractivity contribution in [3.05, 3.63) is 42.0 Å². The number of ether oxygens (including phenoxy) is 1. The number of allylic oxidation sites excluding steroid dienone is 1. The summed E-state index contributed by atoms with van der Waals surface area (Å²) < 4.78 is 5.33. The van der Waals surface area contributed by atoms with Crippen LogP contribution in [-0.4, -0.2) is 34.4 Å². The molecule has 2 aliphatic rings. The molecular formula is C18H21N3O3S. The molecule has 1 saturated carbocycles. The molecule has 0 amide bonds. The Morgan fingerprint density at radius 1 is 1.36 bits per heavy atom. The Kier molecular flexibility index (Phi) is 5.33. The van der Waals surface area contributed by atoms with E-state index < -0.39 is 12.6 Å². The number of para-hydroxylation sites is 1. The fraction of sp³-hybridized carbons (Fsp3) is 0.389. The van der Waals surface area contributed by atoms with Crippen molar-refractivity contribution in [3.63, 3.8) is 0 Å². The van der Waals surface area contributed by atoms with Gasteiger partial charge < -0.3 is 21.0 Å². The number of benzene rings is 1. The lowest BCUT2D eigenvalue weighted by Gasteiger charge is -2.22. The van der Waals surface area contributed by atoms with Crippen LogP contribution in [0.4, 0.5) is 0 Å². The highest BCUT2D eigenvalue weighted by Gasteiger charge is 2.35. The van der Waals surface area contributed by atoms with E-state index in [4.69, 9.17) is 27.9 Å². The van der Waals surface area contributed by atoms with E-state index in [-0.39, 0.29) is 0 Å². The largest absolute Gasteiger partial charge is 0.481 e. The lowest BCUT2D eigenvalue weighted by molar-refractivity contribution is -0.139. The molecule has 0 aliphatic heterocycles. The fourth-order valence-electron chi connectivity index (χ4n) is 3.54. The van der Waals surface area contributed by atoms with Crippen molar-refractivity contribution in [3.8, 4) is 5.75 Å². The van der Waals surface area contributed by atoms with Gasteiger partial charge in [0.2, 0.25) is 0 Å². The molecule has 1 aromatic rings. The standard InChI is InChI=1S/C18H21N3O3S/c19-21-15(13-3-1-2-4-16(13)24-10-18(22)23)9-17(25)20-14-8-11-5-6-12(14)7-11/h1-6,11-12,14H,7-10,19H2,(H,20,25)(H,22,23)/b21-15-. The van der Waals surface area contributed by atoms with Gasteiger partial charge in [0.05, 0.1) is 10.7 Å². The van der Waals surface area contributed by atoms with Gasteiger partial charge in [0, 0.05) is 18.0 Å². The molecule has 132 valence electrons. The predicted molar refractivity (Wildman–Crippen MR) is 99.8 cm³/mol. The molecule has 0 saturated heterocycles. The van der Waals surface area contributed by atoms with Gasteiger partial charge in [-0.3, -0.25) is 0 Å². The fourth-order valence-corrected chi connectivity index (χ4v) is 3.83. The summed E-state index contributed by atoms with van der Waals surface area (Å²) in [6.07, 6.45) is 7.24. The number of carboxylic acid groups (broad SMARTS) is 1. The molecule has 0 spiro atoms. The number of carbonyl (C=O) groups is 1. The maximum atomic E-state index is 10.7. The molecule has 0 heterocycles. The summed E-state index contributed by atoms with van der Waals surface area (Å²) in [5.74, 6) is 6.17. The molecule has 0 aromatic heterocycles. The number of aliphatic carboxylic acids is 1. The van der Waals surface area contributed by atoms with Crippen LogP contribution in [0.1, 0.15) is 24.8 Å². The van der Waals surface area contributed by atoms with Gasteiger partial charge in [-0.2, -0.15) is 5.10 Å². The third-order valence-electron chi connectivity index (χ3n) is 4.66. The van der Waals surface area contributed by atoms with Gasteiger partial charge in [0.25, 0.3) is 0 Å². The zero-order valence-electron chi connectivity index (χ0n) is 13.7. The molecule has 2 aliphatic carbocycles. The van der Waals surface area contributed by atoms with Crippen molar-refractivity contribution in [2.75, 3.05) is 6.61 Å². The smallest absolute Gasteiger partial charge is 0.341 e. The second-order valence-corrected chi connectivity index (χ2v) is 6.88. The summed E-state index contributed by atoms with van der Waals surface area (Å²) in [5, 5.41) is 16.1. The lowest BCUT2D eigenvalue weighted by atomic mass is 10.0. The van der Waals surface area contributed by atoms with Crippen LogP contribution in [-0.2, 0) is 4.79 Å². The molecule has 1 aromatic carbocycles. The molecule has 1 fully saturated rings. The highest BCUT2D eigenvalue weighted by molar-refractivity contribution is 7.80. The van der Waals surface area contributed by atoms with Gasteiger partial charge in [-0.05, 0) is 36.8 Å². The first kappa shape index (κ1) is 17.4. The Morgan fingerprint density at radius 3 is 2.80 bits per heavy atom. The van der Waals surface area contributed by atoms with Crippen LogP contribution < -0.4 is 15.9 Å². The van der Waals surface area contributed by atoms with Crippen LogP contribution >= 0.6 is 12.2 Å². The van der Waals surface area contributed by atoms with Crippen LogP contribution in [0.5, 0.6) is 5.75 Å². The Labute approximate surface area is 151 Å². The minimum atomic E-state index is -1.04. The average molecular weight is 359 g/mol. The van der Waals surface area contributed by atoms with E-state index in [1.807, 2.05) is 6.07 Å². The third kappa shape index (κ3) is 4.17. The van der Waals surface area contributed by atoms with Crippen molar-refractivity contribution < 1.29 is 14.6 Å². The Balaban J connectivity index is 1.65. The number of fused-ring (bicyclic) bond motifs is 2. The minimum absolute atomic E-state index is 0.375. The summed E-state index contributed by atoms with van der Waals surface area (Å²) in [7, 11) is 0. The molecule has 3 atom stereocenters. The number of nitrogens with two attached hydrogens (primary N) is 1. The topological polar surface area (TPSA) is 96.9 Å². The Morgan fingerprint density at radius 2 is 2.16 bits per heavy atom. The van der Waals surface area contributed by atoms with Gasteiger partial charge in [-0.1, -0.05) is 36.5 Å². The molecule has 3 rings (SSSR count). The number of hydrogen-bond acceptors (Lipinski definition) is 5. The zero-order valence-corrected chi connectivity index (χ0v) is 14.5. The number of nitrogens with one attached hydrogen (secondary N) is 1. The summed E-state index contributed by atoms with van der Waals surface area (Å²) in [4.78, 5) is 11.4. The van der Waals surface area contributed by atoms with Gasteiger partial charge >= 0.3 is 5.97 Å². The third-order valence-corrected chi connectivity index (χ3v) is 4.92. The normalized spacial score (nSPS) is 24.3.